The average Bonchev–Trinajstić information content (AvgIpc) is 2.78. The van der Waals surface area contributed by atoms with Crippen LogP contribution in [-0.2, 0) is 16.0 Å². The minimum absolute atomic E-state index is 0.0574. The zero-order valence-corrected chi connectivity index (χ0v) is 17.1. The van der Waals surface area contributed by atoms with Crippen LogP contribution in [-0.4, -0.2) is 60.6 Å². The number of carboxylic acid groups (broad SMARTS) is 1. The molecule has 2 heterocycles. The van der Waals surface area contributed by atoms with E-state index in [9.17, 15) is 9.59 Å². The lowest BCUT2D eigenvalue weighted by Gasteiger charge is -2.29. The molecule has 0 aliphatic carbocycles. The van der Waals surface area contributed by atoms with Crippen LogP contribution in [0.2, 0.25) is 0 Å². The molecule has 2 aromatic rings. The molecular formula is C23H25N3O5. The van der Waals surface area contributed by atoms with Crippen LogP contribution in [0, 0.1) is 11.3 Å². The highest BCUT2D eigenvalue weighted by molar-refractivity contribution is 6.05. The number of fused-ring (bicyclic) bond motifs is 1. The second kappa shape index (κ2) is 9.18. The Kier molecular flexibility index (Phi) is 6.18. The molecule has 8 heteroatoms. The molecule has 0 radical (unpaired) electrons. The standard InChI is InChI=1S/C23H25N3O5/c24-22(26-7-9-30-10-8-26)16-1-3-17(4-2-16)23(29)25-19-5-6-20-18(13-19)11-15(14-31-20)12-21(27)28/h1-6,13,15,24H,7-12,14H2,(H,25,29)(H,27,28)/t15-/m1/s1. The maximum Gasteiger partial charge on any atom is 0.303 e. The second-order valence-corrected chi connectivity index (χ2v) is 7.78. The fourth-order valence-electron chi connectivity index (χ4n) is 3.87. The van der Waals surface area contributed by atoms with Crippen LogP contribution in [0.3, 0.4) is 0 Å². The molecule has 0 spiro atoms. The Bertz CT molecular complexity index is 983. The summed E-state index contributed by atoms with van der Waals surface area (Å²) in [6, 6.07) is 12.4. The van der Waals surface area contributed by atoms with Crippen molar-refractivity contribution in [3.63, 3.8) is 0 Å². The van der Waals surface area contributed by atoms with Gasteiger partial charge in [0.1, 0.15) is 11.6 Å². The van der Waals surface area contributed by atoms with Crippen molar-refractivity contribution < 1.29 is 24.2 Å². The molecule has 1 amide bonds. The molecule has 2 aliphatic rings. The lowest BCUT2D eigenvalue weighted by Crippen LogP contribution is -2.40. The van der Waals surface area contributed by atoms with Crippen LogP contribution < -0.4 is 10.1 Å². The molecule has 0 unspecified atom stereocenters. The molecule has 0 aromatic heterocycles. The van der Waals surface area contributed by atoms with Gasteiger partial charge >= 0.3 is 5.97 Å². The summed E-state index contributed by atoms with van der Waals surface area (Å²) in [4.78, 5) is 25.6. The number of anilines is 1. The molecule has 0 bridgehead atoms. The summed E-state index contributed by atoms with van der Waals surface area (Å²) in [6.45, 7) is 3.00. The van der Waals surface area contributed by atoms with E-state index in [1.54, 1.807) is 36.4 Å². The number of benzene rings is 2. The van der Waals surface area contributed by atoms with Crippen molar-refractivity contribution in [3.05, 3.63) is 59.2 Å². The molecule has 162 valence electrons. The number of carbonyl (C=O) groups excluding carboxylic acids is 1. The lowest BCUT2D eigenvalue weighted by atomic mass is 9.94. The Morgan fingerprint density at radius 3 is 2.52 bits per heavy atom. The van der Waals surface area contributed by atoms with Gasteiger partial charge in [0.2, 0.25) is 0 Å². The molecular weight excluding hydrogens is 398 g/mol. The van der Waals surface area contributed by atoms with E-state index >= 15 is 0 Å². The van der Waals surface area contributed by atoms with E-state index in [2.05, 4.69) is 5.32 Å². The van der Waals surface area contributed by atoms with Gasteiger partial charge in [0.25, 0.3) is 5.91 Å². The van der Waals surface area contributed by atoms with Crippen molar-refractivity contribution in [2.24, 2.45) is 5.92 Å². The third kappa shape index (κ3) is 5.03. The summed E-state index contributed by atoms with van der Waals surface area (Å²) in [5.41, 5.74) is 2.78. The molecule has 1 atom stereocenters. The van der Waals surface area contributed by atoms with E-state index in [4.69, 9.17) is 20.0 Å². The number of nitrogens with zero attached hydrogens (tertiary/aromatic N) is 1. The number of morpholine rings is 1. The molecule has 31 heavy (non-hydrogen) atoms. The van der Waals surface area contributed by atoms with Gasteiger partial charge in [-0.25, -0.2) is 0 Å². The normalized spacial score (nSPS) is 17.9. The van der Waals surface area contributed by atoms with Gasteiger partial charge in [-0.15, -0.1) is 0 Å². The first-order valence-electron chi connectivity index (χ1n) is 10.3. The molecule has 8 nitrogen and oxygen atoms in total. The summed E-state index contributed by atoms with van der Waals surface area (Å²) in [7, 11) is 0. The quantitative estimate of drug-likeness (QED) is 0.504. The van der Waals surface area contributed by atoms with Crippen LogP contribution in [0.5, 0.6) is 5.75 Å². The topological polar surface area (TPSA) is 112 Å². The van der Waals surface area contributed by atoms with Gasteiger partial charge in [-0.2, -0.15) is 0 Å². The molecule has 0 saturated carbocycles. The molecule has 4 rings (SSSR count). The van der Waals surface area contributed by atoms with Crippen molar-refractivity contribution in [3.8, 4) is 5.75 Å². The Labute approximate surface area is 180 Å². The number of rotatable bonds is 5. The first-order valence-corrected chi connectivity index (χ1v) is 10.3. The molecule has 1 fully saturated rings. The van der Waals surface area contributed by atoms with Gasteiger partial charge in [-0.1, -0.05) is 12.1 Å². The highest BCUT2D eigenvalue weighted by Gasteiger charge is 2.23. The number of amidine groups is 1. The van der Waals surface area contributed by atoms with E-state index in [1.807, 2.05) is 11.0 Å². The van der Waals surface area contributed by atoms with Crippen molar-refractivity contribution in [1.82, 2.24) is 4.90 Å². The van der Waals surface area contributed by atoms with Crippen molar-refractivity contribution >= 4 is 23.4 Å². The summed E-state index contributed by atoms with van der Waals surface area (Å²) in [5.74, 6) is -0.00775. The zero-order chi connectivity index (χ0) is 21.8. The summed E-state index contributed by atoms with van der Waals surface area (Å²) in [5, 5.41) is 20.2. The Balaban J connectivity index is 1.40. The monoisotopic (exact) mass is 423 g/mol. The van der Waals surface area contributed by atoms with Gasteiger partial charge in [-0.3, -0.25) is 15.0 Å². The third-order valence-corrected chi connectivity index (χ3v) is 5.51. The number of ether oxygens (including phenoxy) is 2. The Morgan fingerprint density at radius 2 is 1.81 bits per heavy atom. The molecule has 3 N–H and O–H groups in total. The van der Waals surface area contributed by atoms with E-state index in [1.165, 1.54) is 0 Å². The Morgan fingerprint density at radius 1 is 1.10 bits per heavy atom. The van der Waals surface area contributed by atoms with Gasteiger partial charge in [0.15, 0.2) is 0 Å². The maximum atomic E-state index is 12.7. The van der Waals surface area contributed by atoms with E-state index in [0.29, 0.717) is 56.4 Å². The van der Waals surface area contributed by atoms with Crippen molar-refractivity contribution in [2.75, 3.05) is 38.2 Å². The van der Waals surface area contributed by atoms with Crippen LogP contribution >= 0.6 is 0 Å². The Hall–Kier alpha value is -3.39. The fourth-order valence-corrected chi connectivity index (χ4v) is 3.87. The first-order chi connectivity index (χ1) is 15.0. The number of hydrogen-bond acceptors (Lipinski definition) is 5. The van der Waals surface area contributed by atoms with E-state index in [0.717, 1.165) is 16.9 Å². The van der Waals surface area contributed by atoms with Crippen LogP contribution in [0.4, 0.5) is 5.69 Å². The average molecular weight is 423 g/mol. The summed E-state index contributed by atoms with van der Waals surface area (Å²) in [6.07, 6.45) is 0.658. The third-order valence-electron chi connectivity index (χ3n) is 5.51. The van der Waals surface area contributed by atoms with Gasteiger partial charge in [0.05, 0.1) is 26.2 Å². The number of aliphatic carboxylic acids is 1. The van der Waals surface area contributed by atoms with Crippen molar-refractivity contribution in [2.45, 2.75) is 12.8 Å². The lowest BCUT2D eigenvalue weighted by molar-refractivity contribution is -0.138. The number of carboxylic acids is 1. The van der Waals surface area contributed by atoms with E-state index < -0.39 is 5.97 Å². The largest absolute Gasteiger partial charge is 0.493 e. The second-order valence-electron chi connectivity index (χ2n) is 7.78. The maximum absolute atomic E-state index is 12.7. The predicted molar refractivity (Wildman–Crippen MR) is 115 cm³/mol. The number of amides is 1. The zero-order valence-electron chi connectivity index (χ0n) is 17.1. The summed E-state index contributed by atoms with van der Waals surface area (Å²) < 4.78 is 11.0. The fraction of sp³-hybridized carbons (Fsp3) is 0.348. The van der Waals surface area contributed by atoms with Crippen LogP contribution in [0.25, 0.3) is 0 Å². The highest BCUT2D eigenvalue weighted by Crippen LogP contribution is 2.31. The van der Waals surface area contributed by atoms with Crippen LogP contribution in [0.15, 0.2) is 42.5 Å². The number of hydrogen-bond donors (Lipinski definition) is 3. The minimum atomic E-state index is -0.841. The van der Waals surface area contributed by atoms with Gasteiger partial charge in [0, 0.05) is 35.8 Å². The number of nitrogens with one attached hydrogen (secondary N) is 2. The first kappa shape index (κ1) is 20.9. The van der Waals surface area contributed by atoms with Crippen LogP contribution in [0.1, 0.15) is 27.9 Å². The van der Waals surface area contributed by atoms with Crippen molar-refractivity contribution in [1.29, 1.82) is 5.41 Å². The van der Waals surface area contributed by atoms with Gasteiger partial charge < -0.3 is 24.8 Å². The van der Waals surface area contributed by atoms with Gasteiger partial charge in [-0.05, 0) is 42.3 Å². The SMILES string of the molecule is N=C(c1ccc(C(=O)Nc2ccc3c(c2)C[C@H](CC(=O)O)CO3)cc1)N1CCOCC1. The molecule has 2 aromatic carbocycles. The molecule has 1 saturated heterocycles. The summed E-state index contributed by atoms with van der Waals surface area (Å²) >= 11 is 0. The van der Waals surface area contributed by atoms with E-state index in [-0.39, 0.29) is 18.2 Å². The highest BCUT2D eigenvalue weighted by atomic mass is 16.5. The smallest absolute Gasteiger partial charge is 0.303 e. The molecule has 2 aliphatic heterocycles. The predicted octanol–water partition coefficient (Wildman–Crippen LogP) is 2.62. The minimum Gasteiger partial charge on any atom is -0.493 e. The number of carbonyl (C=O) groups is 2.